The highest BCUT2D eigenvalue weighted by atomic mass is 16.5. The van der Waals surface area contributed by atoms with E-state index in [4.69, 9.17) is 4.74 Å². The molecule has 2 rings (SSSR count). The Morgan fingerprint density at radius 1 is 1.27 bits per heavy atom. The molecule has 0 bridgehead atoms. The topological polar surface area (TPSA) is 46.5 Å². The maximum atomic E-state index is 11.4. The van der Waals surface area contributed by atoms with E-state index in [1.807, 2.05) is 0 Å². The molecule has 0 heterocycles. The fraction of sp³-hybridized carbons (Fsp3) is 0.917. The van der Waals surface area contributed by atoms with Crippen LogP contribution < -0.4 is 0 Å². The first-order chi connectivity index (χ1) is 7.22. The predicted octanol–water partition coefficient (Wildman–Crippen LogP) is 1.74. The second kappa shape index (κ2) is 4.52. The molecule has 2 fully saturated rings. The maximum Gasteiger partial charge on any atom is 0.308 e. The van der Waals surface area contributed by atoms with Gasteiger partial charge in [-0.15, -0.1) is 0 Å². The minimum Gasteiger partial charge on any atom is -0.469 e. The monoisotopic (exact) mass is 212 g/mol. The number of carbonyl (C=O) groups is 1. The van der Waals surface area contributed by atoms with Crippen LogP contribution in [0.3, 0.4) is 0 Å². The summed E-state index contributed by atoms with van der Waals surface area (Å²) < 4.78 is 4.79. The summed E-state index contributed by atoms with van der Waals surface area (Å²) in [4.78, 5) is 11.4. The predicted molar refractivity (Wildman–Crippen MR) is 56.2 cm³/mol. The smallest absolute Gasteiger partial charge is 0.308 e. The summed E-state index contributed by atoms with van der Waals surface area (Å²) in [7, 11) is 1.46. The number of esters is 1. The third kappa shape index (κ3) is 2.17. The van der Waals surface area contributed by atoms with E-state index in [0.29, 0.717) is 11.8 Å². The molecule has 0 aromatic rings. The van der Waals surface area contributed by atoms with Crippen LogP contribution in [-0.4, -0.2) is 24.3 Å². The van der Waals surface area contributed by atoms with E-state index in [1.165, 1.54) is 13.5 Å². The number of methoxy groups -OCH3 is 1. The minimum absolute atomic E-state index is 0.0616. The van der Waals surface area contributed by atoms with Crippen LogP contribution in [0.5, 0.6) is 0 Å². The number of fused-ring (bicyclic) bond motifs is 1. The molecular weight excluding hydrogens is 192 g/mol. The van der Waals surface area contributed by atoms with Gasteiger partial charge in [0.15, 0.2) is 0 Å². The van der Waals surface area contributed by atoms with Crippen molar-refractivity contribution < 1.29 is 14.6 Å². The minimum atomic E-state index is -0.123. The van der Waals surface area contributed by atoms with Gasteiger partial charge < -0.3 is 9.84 Å². The molecule has 3 heteroatoms. The normalized spacial score (nSPS) is 40.7. The molecule has 4 unspecified atom stereocenters. The molecule has 0 aromatic carbocycles. The summed E-state index contributed by atoms with van der Waals surface area (Å²) in [5.74, 6) is 1.02. The van der Waals surface area contributed by atoms with E-state index < -0.39 is 0 Å². The van der Waals surface area contributed by atoms with Gasteiger partial charge in [-0.25, -0.2) is 0 Å². The van der Waals surface area contributed by atoms with Gasteiger partial charge in [-0.2, -0.15) is 0 Å². The van der Waals surface area contributed by atoms with Crippen LogP contribution in [0.1, 0.15) is 38.5 Å². The number of rotatable bonds is 1. The fourth-order valence-electron chi connectivity index (χ4n) is 3.31. The van der Waals surface area contributed by atoms with Gasteiger partial charge in [0.05, 0.1) is 19.1 Å². The van der Waals surface area contributed by atoms with Crippen LogP contribution in [0.25, 0.3) is 0 Å². The maximum absolute atomic E-state index is 11.4. The molecule has 0 aromatic heterocycles. The number of carbonyl (C=O) groups excluding carboxylic acids is 1. The van der Waals surface area contributed by atoms with Crippen LogP contribution in [0, 0.1) is 17.8 Å². The summed E-state index contributed by atoms with van der Waals surface area (Å²) >= 11 is 0. The summed E-state index contributed by atoms with van der Waals surface area (Å²) in [6.07, 6.45) is 5.92. The number of hydrogen-bond acceptors (Lipinski definition) is 3. The van der Waals surface area contributed by atoms with E-state index >= 15 is 0 Å². The van der Waals surface area contributed by atoms with Crippen LogP contribution in [0.4, 0.5) is 0 Å². The molecule has 0 saturated heterocycles. The first-order valence-corrected chi connectivity index (χ1v) is 5.98. The number of aliphatic hydroxyl groups excluding tert-OH is 1. The second-order valence-electron chi connectivity index (χ2n) is 4.96. The Kier molecular flexibility index (Phi) is 3.29. The van der Waals surface area contributed by atoms with Gasteiger partial charge in [-0.1, -0.05) is 6.42 Å². The van der Waals surface area contributed by atoms with Crippen molar-refractivity contribution in [3.05, 3.63) is 0 Å². The van der Waals surface area contributed by atoms with Crippen molar-refractivity contribution in [2.75, 3.05) is 7.11 Å². The Morgan fingerprint density at radius 2 is 2.07 bits per heavy atom. The Hall–Kier alpha value is -0.570. The Labute approximate surface area is 90.8 Å². The van der Waals surface area contributed by atoms with Crippen LogP contribution in [0.15, 0.2) is 0 Å². The zero-order valence-electron chi connectivity index (χ0n) is 9.32. The third-order valence-electron chi connectivity index (χ3n) is 4.14. The van der Waals surface area contributed by atoms with Gasteiger partial charge in [-0.05, 0) is 43.9 Å². The molecule has 0 aliphatic heterocycles. The molecule has 0 amide bonds. The lowest BCUT2D eigenvalue weighted by Gasteiger charge is -2.41. The fourth-order valence-corrected chi connectivity index (χ4v) is 3.31. The van der Waals surface area contributed by atoms with Crippen molar-refractivity contribution in [3.63, 3.8) is 0 Å². The summed E-state index contributed by atoms with van der Waals surface area (Å²) in [6, 6.07) is 0. The van der Waals surface area contributed by atoms with Gasteiger partial charge in [0, 0.05) is 0 Å². The SMILES string of the molecule is COC(=O)C1CCC2C(O)CCCC2C1. The zero-order chi connectivity index (χ0) is 10.8. The zero-order valence-corrected chi connectivity index (χ0v) is 9.32. The van der Waals surface area contributed by atoms with E-state index in [0.717, 1.165) is 32.1 Å². The summed E-state index contributed by atoms with van der Waals surface area (Å²) in [6.45, 7) is 0. The average Bonchev–Trinajstić information content (AvgIpc) is 2.28. The van der Waals surface area contributed by atoms with Gasteiger partial charge in [-0.3, -0.25) is 4.79 Å². The summed E-state index contributed by atoms with van der Waals surface area (Å²) in [5, 5.41) is 9.87. The lowest BCUT2D eigenvalue weighted by atomic mass is 9.66. The molecule has 1 N–H and O–H groups in total. The average molecular weight is 212 g/mol. The quantitative estimate of drug-likeness (QED) is 0.673. The van der Waals surface area contributed by atoms with E-state index in [9.17, 15) is 9.90 Å². The number of ether oxygens (including phenoxy) is 1. The number of hydrogen-bond donors (Lipinski definition) is 1. The molecule has 15 heavy (non-hydrogen) atoms. The standard InChI is InChI=1S/C12H20O3/c1-15-12(14)9-5-6-10-8(7-9)3-2-4-11(10)13/h8-11,13H,2-7H2,1H3. The molecule has 3 nitrogen and oxygen atoms in total. The summed E-state index contributed by atoms with van der Waals surface area (Å²) in [5.41, 5.74) is 0. The highest BCUT2D eigenvalue weighted by Gasteiger charge is 2.39. The molecule has 86 valence electrons. The highest BCUT2D eigenvalue weighted by molar-refractivity contribution is 5.72. The van der Waals surface area contributed by atoms with Crippen molar-refractivity contribution in [2.24, 2.45) is 17.8 Å². The van der Waals surface area contributed by atoms with Crippen molar-refractivity contribution in [1.29, 1.82) is 0 Å². The molecule has 0 radical (unpaired) electrons. The first kappa shape index (κ1) is 10.9. The Bertz CT molecular complexity index is 239. The lowest BCUT2D eigenvalue weighted by Crippen LogP contribution is -2.38. The third-order valence-corrected chi connectivity index (χ3v) is 4.14. The Morgan fingerprint density at radius 3 is 2.80 bits per heavy atom. The van der Waals surface area contributed by atoms with Crippen molar-refractivity contribution in [1.82, 2.24) is 0 Å². The molecular formula is C12H20O3. The Balaban J connectivity index is 1.96. The lowest BCUT2D eigenvalue weighted by molar-refractivity contribution is -0.148. The van der Waals surface area contributed by atoms with E-state index in [1.54, 1.807) is 0 Å². The molecule has 2 aliphatic carbocycles. The van der Waals surface area contributed by atoms with Gasteiger partial charge in [0.25, 0.3) is 0 Å². The van der Waals surface area contributed by atoms with Gasteiger partial charge in [0.2, 0.25) is 0 Å². The molecule has 0 spiro atoms. The highest BCUT2D eigenvalue weighted by Crippen LogP contribution is 2.43. The molecule has 4 atom stereocenters. The largest absolute Gasteiger partial charge is 0.469 e. The molecule has 2 saturated carbocycles. The van der Waals surface area contributed by atoms with Crippen molar-refractivity contribution in [2.45, 2.75) is 44.6 Å². The van der Waals surface area contributed by atoms with Crippen LogP contribution in [0.2, 0.25) is 0 Å². The van der Waals surface area contributed by atoms with Crippen molar-refractivity contribution in [3.8, 4) is 0 Å². The molecule has 2 aliphatic rings. The number of aliphatic hydroxyl groups is 1. The van der Waals surface area contributed by atoms with E-state index in [-0.39, 0.29) is 18.0 Å². The van der Waals surface area contributed by atoms with Crippen molar-refractivity contribution >= 4 is 5.97 Å². The van der Waals surface area contributed by atoms with Crippen LogP contribution >= 0.6 is 0 Å². The van der Waals surface area contributed by atoms with Gasteiger partial charge >= 0.3 is 5.97 Å². The second-order valence-corrected chi connectivity index (χ2v) is 4.96. The van der Waals surface area contributed by atoms with Gasteiger partial charge in [0.1, 0.15) is 0 Å². The van der Waals surface area contributed by atoms with Crippen LogP contribution in [-0.2, 0) is 9.53 Å². The first-order valence-electron chi connectivity index (χ1n) is 5.98. The van der Waals surface area contributed by atoms with E-state index in [2.05, 4.69) is 0 Å².